The number of nitrogens with zero attached hydrogens (tertiary/aromatic N) is 3. The molecule has 1 fully saturated rings. The molecule has 2 amide bonds. The number of nitrogens with one attached hydrogen (secondary N) is 1. The molecule has 1 saturated heterocycles. The summed E-state index contributed by atoms with van der Waals surface area (Å²) in [5.41, 5.74) is 0.957. The van der Waals surface area contributed by atoms with Gasteiger partial charge in [-0.25, -0.2) is 4.79 Å². The molecule has 0 radical (unpaired) electrons. The number of hydrogen-bond donors (Lipinski definition) is 1. The van der Waals surface area contributed by atoms with Crippen LogP contribution in [0.25, 0.3) is 0 Å². The Kier molecular flexibility index (Phi) is 4.11. The van der Waals surface area contributed by atoms with E-state index >= 15 is 0 Å². The molecule has 1 aliphatic heterocycles. The van der Waals surface area contributed by atoms with Crippen molar-refractivity contribution in [1.29, 1.82) is 0 Å². The van der Waals surface area contributed by atoms with Crippen LogP contribution in [-0.2, 0) is 5.41 Å². The number of rotatable bonds is 3. The van der Waals surface area contributed by atoms with E-state index in [0.717, 1.165) is 30.9 Å². The molecule has 2 heterocycles. The minimum atomic E-state index is -0.227. The van der Waals surface area contributed by atoms with Gasteiger partial charge in [-0.2, -0.15) is 0 Å². The quantitative estimate of drug-likeness (QED) is 0.943. The summed E-state index contributed by atoms with van der Waals surface area (Å²) in [6.45, 7) is 5.89. The maximum atomic E-state index is 12.1. The van der Waals surface area contributed by atoms with Crippen molar-refractivity contribution in [2.45, 2.75) is 32.1 Å². The molecule has 1 N–H and O–H groups in total. The highest BCUT2D eigenvalue weighted by Crippen LogP contribution is 2.34. The van der Waals surface area contributed by atoms with Gasteiger partial charge in [-0.1, -0.05) is 41.7 Å². The first-order valence-corrected chi connectivity index (χ1v) is 8.34. The largest absolute Gasteiger partial charge is 0.324 e. The molecule has 6 heteroatoms. The lowest BCUT2D eigenvalue weighted by atomic mass is 9.85. The molecular formula is C16H20N4OS. The first kappa shape index (κ1) is 15.0. The second kappa shape index (κ2) is 6.04. The van der Waals surface area contributed by atoms with Crippen molar-refractivity contribution in [2.75, 3.05) is 18.4 Å². The Morgan fingerprint density at radius 1 is 1.18 bits per heavy atom. The second-order valence-corrected chi connectivity index (χ2v) is 7.01. The van der Waals surface area contributed by atoms with Crippen molar-refractivity contribution < 1.29 is 4.79 Å². The fourth-order valence-corrected chi connectivity index (χ4v) is 3.45. The number of likely N-dealkylation sites (tertiary alicyclic amines) is 1. The Labute approximate surface area is 134 Å². The normalized spacial score (nSPS) is 15.1. The van der Waals surface area contributed by atoms with Crippen LogP contribution in [0.15, 0.2) is 30.3 Å². The van der Waals surface area contributed by atoms with Gasteiger partial charge in [0.05, 0.1) is 0 Å². The lowest BCUT2D eigenvalue weighted by molar-refractivity contribution is 0.222. The maximum absolute atomic E-state index is 12.1. The first-order valence-electron chi connectivity index (χ1n) is 7.53. The van der Waals surface area contributed by atoms with E-state index in [0.29, 0.717) is 5.13 Å². The Hall–Kier alpha value is -1.95. The molecule has 0 saturated carbocycles. The second-order valence-electron chi connectivity index (χ2n) is 6.03. The third-order valence-corrected chi connectivity index (χ3v) is 5.22. The monoisotopic (exact) mass is 316 g/mol. The maximum Gasteiger partial charge on any atom is 0.323 e. The number of aromatic nitrogens is 2. The van der Waals surface area contributed by atoms with Crippen LogP contribution < -0.4 is 5.32 Å². The molecule has 22 heavy (non-hydrogen) atoms. The van der Waals surface area contributed by atoms with Crippen LogP contribution in [0.1, 0.15) is 37.3 Å². The van der Waals surface area contributed by atoms with Gasteiger partial charge in [-0.15, -0.1) is 10.2 Å². The molecule has 1 aliphatic rings. The number of amides is 2. The van der Waals surface area contributed by atoms with E-state index in [1.165, 1.54) is 16.9 Å². The van der Waals surface area contributed by atoms with Crippen LogP contribution in [0.4, 0.5) is 9.93 Å². The van der Waals surface area contributed by atoms with E-state index in [1.807, 2.05) is 23.1 Å². The molecule has 1 aromatic heterocycles. The average Bonchev–Trinajstić information content (AvgIpc) is 3.19. The predicted octanol–water partition coefficient (Wildman–Crippen LogP) is 3.49. The SMILES string of the molecule is CC(C)(c1ccccc1)c1nnc(NC(=O)N2CCCC2)s1. The van der Waals surface area contributed by atoms with Gasteiger partial charge in [0.1, 0.15) is 5.01 Å². The minimum Gasteiger partial charge on any atom is -0.324 e. The lowest BCUT2D eigenvalue weighted by Crippen LogP contribution is -2.32. The Bertz CT molecular complexity index is 647. The summed E-state index contributed by atoms with van der Waals surface area (Å²) in [4.78, 5) is 13.9. The number of hydrogen-bond acceptors (Lipinski definition) is 4. The summed E-state index contributed by atoms with van der Waals surface area (Å²) in [5.74, 6) is 0. The Balaban J connectivity index is 1.74. The zero-order valence-corrected chi connectivity index (χ0v) is 13.7. The predicted molar refractivity (Wildman–Crippen MR) is 88.3 cm³/mol. The van der Waals surface area contributed by atoms with Gasteiger partial charge in [0, 0.05) is 18.5 Å². The average molecular weight is 316 g/mol. The van der Waals surface area contributed by atoms with Crippen molar-refractivity contribution >= 4 is 22.5 Å². The zero-order valence-electron chi connectivity index (χ0n) is 12.9. The molecule has 116 valence electrons. The molecule has 3 rings (SSSR count). The molecule has 5 nitrogen and oxygen atoms in total. The van der Waals surface area contributed by atoms with E-state index in [4.69, 9.17) is 0 Å². The van der Waals surface area contributed by atoms with E-state index in [1.54, 1.807) is 0 Å². The molecule has 2 aromatic rings. The summed E-state index contributed by atoms with van der Waals surface area (Å²) in [6.07, 6.45) is 2.16. The van der Waals surface area contributed by atoms with Gasteiger partial charge in [-0.3, -0.25) is 5.32 Å². The molecule has 0 bridgehead atoms. The molecule has 0 aliphatic carbocycles. The van der Waals surface area contributed by atoms with Crippen molar-refractivity contribution in [3.8, 4) is 0 Å². The van der Waals surface area contributed by atoms with Crippen LogP contribution >= 0.6 is 11.3 Å². The standard InChI is InChI=1S/C16H20N4OS/c1-16(2,12-8-4-3-5-9-12)13-18-19-14(22-13)17-15(21)20-10-6-7-11-20/h3-5,8-9H,6-7,10-11H2,1-2H3,(H,17,19,21). The van der Waals surface area contributed by atoms with Gasteiger partial charge < -0.3 is 4.90 Å². The molecule has 0 spiro atoms. The van der Waals surface area contributed by atoms with E-state index < -0.39 is 0 Å². The summed E-state index contributed by atoms with van der Waals surface area (Å²) >= 11 is 1.44. The van der Waals surface area contributed by atoms with Gasteiger partial charge in [0.25, 0.3) is 0 Å². The van der Waals surface area contributed by atoms with Crippen LogP contribution in [0, 0.1) is 0 Å². The van der Waals surface area contributed by atoms with Gasteiger partial charge in [-0.05, 0) is 32.3 Å². The van der Waals surface area contributed by atoms with Gasteiger partial charge >= 0.3 is 6.03 Å². The van der Waals surface area contributed by atoms with Gasteiger partial charge in [0.2, 0.25) is 5.13 Å². The molecule has 0 unspecified atom stereocenters. The van der Waals surface area contributed by atoms with Crippen molar-refractivity contribution in [3.63, 3.8) is 0 Å². The highest BCUT2D eigenvalue weighted by molar-refractivity contribution is 7.15. The van der Waals surface area contributed by atoms with E-state index in [-0.39, 0.29) is 11.4 Å². The van der Waals surface area contributed by atoms with Crippen molar-refractivity contribution in [1.82, 2.24) is 15.1 Å². The van der Waals surface area contributed by atoms with Crippen LogP contribution in [-0.4, -0.2) is 34.2 Å². The number of carbonyl (C=O) groups excluding carboxylic acids is 1. The van der Waals surface area contributed by atoms with Crippen LogP contribution in [0.3, 0.4) is 0 Å². The topological polar surface area (TPSA) is 58.1 Å². The summed E-state index contributed by atoms with van der Waals surface area (Å²) in [7, 11) is 0. The number of anilines is 1. The Morgan fingerprint density at radius 3 is 2.55 bits per heavy atom. The Morgan fingerprint density at radius 2 is 1.86 bits per heavy atom. The van der Waals surface area contributed by atoms with Crippen LogP contribution in [0.2, 0.25) is 0 Å². The smallest absolute Gasteiger partial charge is 0.323 e. The summed E-state index contributed by atoms with van der Waals surface area (Å²) in [6, 6.07) is 10.1. The molecule has 0 atom stereocenters. The minimum absolute atomic E-state index is 0.0716. The summed E-state index contributed by atoms with van der Waals surface area (Å²) < 4.78 is 0. The van der Waals surface area contributed by atoms with E-state index in [9.17, 15) is 4.79 Å². The van der Waals surface area contributed by atoms with Crippen LogP contribution in [0.5, 0.6) is 0 Å². The van der Waals surface area contributed by atoms with Crippen molar-refractivity contribution in [3.05, 3.63) is 40.9 Å². The third kappa shape index (κ3) is 2.97. The third-order valence-electron chi connectivity index (χ3n) is 4.06. The summed E-state index contributed by atoms with van der Waals surface area (Å²) in [5, 5.41) is 12.7. The van der Waals surface area contributed by atoms with E-state index in [2.05, 4.69) is 41.5 Å². The molecule has 1 aromatic carbocycles. The fraction of sp³-hybridized carbons (Fsp3) is 0.438. The van der Waals surface area contributed by atoms with Crippen molar-refractivity contribution in [2.24, 2.45) is 0 Å². The number of benzene rings is 1. The van der Waals surface area contributed by atoms with Gasteiger partial charge in [0.15, 0.2) is 0 Å². The lowest BCUT2D eigenvalue weighted by Gasteiger charge is -2.21. The highest BCUT2D eigenvalue weighted by atomic mass is 32.1. The number of urea groups is 1. The molecular weight excluding hydrogens is 296 g/mol. The number of carbonyl (C=O) groups is 1. The fourth-order valence-electron chi connectivity index (χ4n) is 2.60. The highest BCUT2D eigenvalue weighted by Gasteiger charge is 2.28. The first-order chi connectivity index (χ1) is 10.6. The zero-order chi connectivity index (χ0) is 15.6.